The van der Waals surface area contributed by atoms with Crippen LogP contribution in [0.4, 0.5) is 0 Å². The third-order valence-corrected chi connectivity index (χ3v) is 7.85. The van der Waals surface area contributed by atoms with E-state index in [1.807, 2.05) is 4.90 Å². The number of carbonyl (C=O) groups excluding carboxylic acids is 2. The summed E-state index contributed by atoms with van der Waals surface area (Å²) in [6, 6.07) is 4.99. The van der Waals surface area contributed by atoms with Crippen molar-refractivity contribution in [1.29, 1.82) is 0 Å². The van der Waals surface area contributed by atoms with Gasteiger partial charge in [0.15, 0.2) is 5.16 Å². The van der Waals surface area contributed by atoms with Crippen molar-refractivity contribution < 1.29 is 19.1 Å². The van der Waals surface area contributed by atoms with Gasteiger partial charge in [0, 0.05) is 38.4 Å². The van der Waals surface area contributed by atoms with E-state index in [0.717, 1.165) is 58.2 Å². The zero-order valence-corrected chi connectivity index (χ0v) is 20.7. The average molecular weight is 501 g/mol. The van der Waals surface area contributed by atoms with Crippen molar-refractivity contribution >= 4 is 34.5 Å². The van der Waals surface area contributed by atoms with Gasteiger partial charge in [-0.1, -0.05) is 11.8 Å². The number of amides is 2. The molecule has 0 aliphatic carbocycles. The minimum Gasteiger partial charge on any atom is -0.376 e. The lowest BCUT2D eigenvalue weighted by atomic mass is 10.1. The van der Waals surface area contributed by atoms with Crippen LogP contribution in [0.3, 0.4) is 0 Å². The largest absolute Gasteiger partial charge is 0.376 e. The molecule has 0 spiro atoms. The molecule has 1 aromatic carbocycles. The number of aromatic nitrogens is 2. The summed E-state index contributed by atoms with van der Waals surface area (Å²) in [4.78, 5) is 45.5. The summed E-state index contributed by atoms with van der Waals surface area (Å²) in [6.07, 6.45) is 5.91. The summed E-state index contributed by atoms with van der Waals surface area (Å²) >= 11 is 1.28. The van der Waals surface area contributed by atoms with Gasteiger partial charge in [-0.25, -0.2) is 4.98 Å². The Balaban J connectivity index is 1.39. The Bertz CT molecular complexity index is 1130. The lowest BCUT2D eigenvalue weighted by Gasteiger charge is -2.18. The number of benzene rings is 1. The van der Waals surface area contributed by atoms with Crippen molar-refractivity contribution in [2.75, 3.05) is 38.6 Å². The fourth-order valence-corrected chi connectivity index (χ4v) is 5.81. The van der Waals surface area contributed by atoms with E-state index in [9.17, 15) is 14.4 Å². The zero-order valence-electron chi connectivity index (χ0n) is 19.9. The van der Waals surface area contributed by atoms with Crippen LogP contribution >= 0.6 is 11.8 Å². The van der Waals surface area contributed by atoms with Gasteiger partial charge < -0.3 is 19.7 Å². The molecule has 0 radical (unpaired) electrons. The van der Waals surface area contributed by atoms with E-state index in [1.165, 1.54) is 11.8 Å². The first kappa shape index (κ1) is 24.3. The smallest absolute Gasteiger partial charge is 0.262 e. The second-order valence-electron chi connectivity index (χ2n) is 9.40. The summed E-state index contributed by atoms with van der Waals surface area (Å²) in [7, 11) is 0. The quantitative estimate of drug-likeness (QED) is 0.438. The lowest BCUT2D eigenvalue weighted by molar-refractivity contribution is -0.127. The molecule has 2 atom stereocenters. The number of nitrogens with one attached hydrogen (secondary N) is 1. The first-order chi connectivity index (χ1) is 17.1. The number of rotatable bonds is 8. The summed E-state index contributed by atoms with van der Waals surface area (Å²) in [5, 5.41) is 3.86. The first-order valence-electron chi connectivity index (χ1n) is 12.5. The minimum atomic E-state index is -0.217. The van der Waals surface area contributed by atoms with E-state index in [4.69, 9.17) is 14.5 Å². The Hall–Kier alpha value is -2.43. The van der Waals surface area contributed by atoms with Crippen molar-refractivity contribution in [3.8, 4) is 0 Å². The van der Waals surface area contributed by atoms with Gasteiger partial charge in [-0.2, -0.15) is 0 Å². The van der Waals surface area contributed by atoms with Gasteiger partial charge in [-0.05, 0) is 56.7 Å². The predicted molar refractivity (Wildman–Crippen MR) is 133 cm³/mol. The number of thioether (sulfide) groups is 1. The second kappa shape index (κ2) is 11.1. The molecule has 1 N–H and O–H groups in total. The van der Waals surface area contributed by atoms with Crippen molar-refractivity contribution in [2.45, 2.75) is 62.4 Å². The maximum absolute atomic E-state index is 13.5. The highest BCUT2D eigenvalue weighted by Crippen LogP contribution is 2.23. The van der Waals surface area contributed by atoms with E-state index in [1.54, 1.807) is 22.8 Å². The third-order valence-electron chi connectivity index (χ3n) is 6.89. The second-order valence-corrected chi connectivity index (χ2v) is 10.3. The van der Waals surface area contributed by atoms with Gasteiger partial charge in [0.25, 0.3) is 11.5 Å². The molecule has 188 valence electrons. The number of carbonyl (C=O) groups is 2. The Morgan fingerprint density at radius 3 is 2.51 bits per heavy atom. The van der Waals surface area contributed by atoms with Crippen molar-refractivity contribution in [3.05, 3.63) is 34.1 Å². The van der Waals surface area contributed by atoms with E-state index in [-0.39, 0.29) is 35.3 Å². The number of ether oxygens (including phenoxy) is 2. The monoisotopic (exact) mass is 500 g/mol. The van der Waals surface area contributed by atoms with Crippen LogP contribution in [0.1, 0.15) is 48.9 Å². The van der Waals surface area contributed by atoms with E-state index in [0.29, 0.717) is 41.3 Å². The fraction of sp³-hybridized carbons (Fsp3) is 0.600. The number of fused-ring (bicyclic) bond motifs is 1. The van der Waals surface area contributed by atoms with Crippen LogP contribution in [0, 0.1) is 0 Å². The molecular weight excluding hydrogens is 468 g/mol. The molecule has 5 rings (SSSR count). The van der Waals surface area contributed by atoms with Gasteiger partial charge in [0.05, 0.1) is 35.4 Å². The summed E-state index contributed by atoms with van der Waals surface area (Å²) in [5.41, 5.74) is 0.732. The molecule has 4 heterocycles. The van der Waals surface area contributed by atoms with Crippen LogP contribution in [0.15, 0.2) is 28.2 Å². The lowest BCUT2D eigenvalue weighted by Crippen LogP contribution is -2.32. The van der Waals surface area contributed by atoms with Crippen LogP contribution in [-0.4, -0.2) is 77.1 Å². The SMILES string of the molecule is O=C(NC[C@@H]1CCCO1)c1ccc2c(=O)n(C[C@@H]3CCCO3)c(SCC(=O)N3CCCC3)nc2c1. The molecule has 3 aliphatic heterocycles. The highest BCUT2D eigenvalue weighted by molar-refractivity contribution is 7.99. The Kier molecular flexibility index (Phi) is 7.69. The van der Waals surface area contributed by atoms with Crippen LogP contribution < -0.4 is 10.9 Å². The van der Waals surface area contributed by atoms with Crippen molar-refractivity contribution in [1.82, 2.24) is 19.8 Å². The molecule has 0 saturated carbocycles. The van der Waals surface area contributed by atoms with E-state index in [2.05, 4.69) is 5.32 Å². The molecule has 3 saturated heterocycles. The number of hydrogen-bond donors (Lipinski definition) is 1. The molecule has 1 aromatic heterocycles. The normalized spacial score (nSPS) is 22.2. The molecular formula is C25H32N4O5S. The first-order valence-corrected chi connectivity index (χ1v) is 13.5. The van der Waals surface area contributed by atoms with Crippen LogP contribution in [0.5, 0.6) is 0 Å². The molecule has 0 unspecified atom stereocenters. The van der Waals surface area contributed by atoms with Gasteiger partial charge in [-0.3, -0.25) is 19.0 Å². The minimum absolute atomic E-state index is 0.0385. The van der Waals surface area contributed by atoms with Gasteiger partial charge in [0.1, 0.15) is 0 Å². The van der Waals surface area contributed by atoms with Gasteiger partial charge in [0.2, 0.25) is 5.91 Å². The predicted octanol–water partition coefficient (Wildman–Crippen LogP) is 2.20. The highest BCUT2D eigenvalue weighted by atomic mass is 32.2. The summed E-state index contributed by atoms with van der Waals surface area (Å²) < 4.78 is 13.0. The Labute approximate surface area is 208 Å². The maximum Gasteiger partial charge on any atom is 0.262 e. The maximum atomic E-state index is 13.5. The third kappa shape index (κ3) is 5.70. The molecule has 9 nitrogen and oxygen atoms in total. The van der Waals surface area contributed by atoms with Crippen molar-refractivity contribution in [2.24, 2.45) is 0 Å². The fourth-order valence-electron chi connectivity index (χ4n) is 4.90. The average Bonchev–Trinajstić information content (AvgIpc) is 3.66. The van der Waals surface area contributed by atoms with Crippen molar-refractivity contribution in [3.63, 3.8) is 0 Å². The van der Waals surface area contributed by atoms with Crippen LogP contribution in [0.25, 0.3) is 10.9 Å². The summed E-state index contributed by atoms with van der Waals surface area (Å²) in [6.45, 7) is 3.88. The molecule has 3 aliphatic rings. The highest BCUT2D eigenvalue weighted by Gasteiger charge is 2.23. The van der Waals surface area contributed by atoms with Crippen LogP contribution in [0.2, 0.25) is 0 Å². The number of likely N-dealkylation sites (tertiary alicyclic amines) is 1. The molecule has 10 heteroatoms. The van der Waals surface area contributed by atoms with E-state index >= 15 is 0 Å². The zero-order chi connectivity index (χ0) is 24.2. The Morgan fingerprint density at radius 2 is 1.80 bits per heavy atom. The van der Waals surface area contributed by atoms with Crippen LogP contribution in [-0.2, 0) is 20.8 Å². The van der Waals surface area contributed by atoms with Gasteiger partial charge in [-0.15, -0.1) is 0 Å². The summed E-state index contributed by atoms with van der Waals surface area (Å²) in [5.74, 6) is 0.0734. The van der Waals surface area contributed by atoms with Gasteiger partial charge >= 0.3 is 0 Å². The number of nitrogens with zero attached hydrogens (tertiary/aromatic N) is 3. The standard InChI is InChI=1S/C25H32N4O5S/c30-22(28-9-1-2-10-28)16-35-25-27-21-13-17(23(31)26-14-18-5-3-11-33-18)7-8-20(21)24(32)29(25)15-19-6-4-12-34-19/h7-8,13,18-19H,1-6,9-12,14-16H2,(H,26,31)/t18-,19-/m0/s1. The molecule has 0 bridgehead atoms. The molecule has 3 fully saturated rings. The molecule has 35 heavy (non-hydrogen) atoms. The van der Waals surface area contributed by atoms with E-state index < -0.39 is 0 Å². The molecule has 2 amide bonds. The topological polar surface area (TPSA) is 103 Å². The molecule has 2 aromatic rings. The Morgan fingerprint density at radius 1 is 1.06 bits per heavy atom. The number of hydrogen-bond acceptors (Lipinski definition) is 7.